The van der Waals surface area contributed by atoms with Gasteiger partial charge in [-0.25, -0.2) is 0 Å². The van der Waals surface area contributed by atoms with Crippen molar-refractivity contribution in [2.45, 2.75) is 39.0 Å². The number of ketones is 1. The number of hydrogen-bond acceptors (Lipinski definition) is 1. The molecule has 1 aromatic rings. The van der Waals surface area contributed by atoms with Gasteiger partial charge in [0.05, 0.1) is 0 Å². The molecule has 1 fully saturated rings. The molecule has 1 aromatic carbocycles. The van der Waals surface area contributed by atoms with Crippen molar-refractivity contribution in [3.05, 3.63) is 35.4 Å². The molecule has 0 bridgehead atoms. The zero-order valence-electron chi connectivity index (χ0n) is 9.49. The van der Waals surface area contributed by atoms with Gasteiger partial charge in [-0.3, -0.25) is 4.79 Å². The number of carbonyl (C=O) groups excluding carboxylic acids is 1. The van der Waals surface area contributed by atoms with Crippen molar-refractivity contribution in [2.75, 3.05) is 0 Å². The predicted molar refractivity (Wildman–Crippen MR) is 62.0 cm³/mol. The predicted octanol–water partition coefficient (Wildman–Crippen LogP) is 3.33. The number of rotatable bonds is 3. The summed E-state index contributed by atoms with van der Waals surface area (Å²) >= 11 is 0. The Morgan fingerprint density at radius 2 is 1.80 bits per heavy atom. The summed E-state index contributed by atoms with van der Waals surface area (Å²) in [4.78, 5) is 10.9. The van der Waals surface area contributed by atoms with Crippen molar-refractivity contribution >= 4 is 5.78 Å². The zero-order chi connectivity index (χ0) is 10.8. The van der Waals surface area contributed by atoms with Crippen LogP contribution in [0.25, 0.3) is 0 Å². The number of carbonyl (C=O) groups is 1. The Bertz CT molecular complexity index is 340. The molecule has 0 atom stereocenters. The van der Waals surface area contributed by atoms with Crippen LogP contribution in [0.1, 0.15) is 43.7 Å². The normalized spacial score (nSPS) is 16.9. The minimum atomic E-state index is 0.409. The minimum absolute atomic E-state index is 0.409. The Hall–Kier alpha value is -1.11. The van der Waals surface area contributed by atoms with E-state index in [4.69, 9.17) is 0 Å². The molecule has 1 aliphatic carbocycles. The molecule has 0 saturated heterocycles. The SMILES string of the molecule is CC(C)Cc1ccc(C2CC(=O)C2)cc1. The third-order valence-corrected chi connectivity index (χ3v) is 3.04. The van der Waals surface area contributed by atoms with Crippen LogP contribution < -0.4 is 0 Å². The topological polar surface area (TPSA) is 17.1 Å². The summed E-state index contributed by atoms with van der Waals surface area (Å²) in [6.45, 7) is 4.47. The Labute approximate surface area is 91.5 Å². The fraction of sp³-hybridized carbons (Fsp3) is 0.500. The molecule has 0 radical (unpaired) electrons. The first-order valence-corrected chi connectivity index (χ1v) is 5.75. The standard InChI is InChI=1S/C14H18O/c1-10(2)7-11-3-5-12(6-4-11)13-8-14(15)9-13/h3-6,10,13H,7-9H2,1-2H3. The summed E-state index contributed by atoms with van der Waals surface area (Å²) in [5.74, 6) is 1.62. The van der Waals surface area contributed by atoms with Crippen LogP contribution in [-0.2, 0) is 11.2 Å². The lowest BCUT2D eigenvalue weighted by Crippen LogP contribution is -2.20. The molecule has 0 amide bonds. The molecular weight excluding hydrogens is 184 g/mol. The van der Waals surface area contributed by atoms with E-state index in [9.17, 15) is 4.79 Å². The van der Waals surface area contributed by atoms with E-state index in [1.165, 1.54) is 11.1 Å². The summed E-state index contributed by atoms with van der Waals surface area (Å²) in [7, 11) is 0. The van der Waals surface area contributed by atoms with Gasteiger partial charge >= 0.3 is 0 Å². The monoisotopic (exact) mass is 202 g/mol. The first kappa shape index (κ1) is 10.4. The molecule has 0 heterocycles. The summed E-state index contributed by atoms with van der Waals surface area (Å²) in [5, 5.41) is 0. The average Bonchev–Trinajstić information content (AvgIpc) is 2.14. The van der Waals surface area contributed by atoms with Crippen molar-refractivity contribution in [3.8, 4) is 0 Å². The van der Waals surface area contributed by atoms with Gasteiger partial charge in [0.1, 0.15) is 5.78 Å². The van der Waals surface area contributed by atoms with E-state index in [0.717, 1.165) is 19.3 Å². The Morgan fingerprint density at radius 3 is 2.27 bits per heavy atom. The maximum absolute atomic E-state index is 10.9. The van der Waals surface area contributed by atoms with Crippen molar-refractivity contribution in [1.82, 2.24) is 0 Å². The first-order valence-electron chi connectivity index (χ1n) is 5.75. The van der Waals surface area contributed by atoms with Crippen LogP contribution in [0.2, 0.25) is 0 Å². The zero-order valence-corrected chi connectivity index (χ0v) is 9.49. The molecule has 0 spiro atoms. The second-order valence-corrected chi connectivity index (χ2v) is 4.98. The van der Waals surface area contributed by atoms with Gasteiger partial charge in [0.25, 0.3) is 0 Å². The van der Waals surface area contributed by atoms with Crippen molar-refractivity contribution in [3.63, 3.8) is 0 Å². The highest BCUT2D eigenvalue weighted by Gasteiger charge is 2.27. The van der Waals surface area contributed by atoms with E-state index in [0.29, 0.717) is 17.6 Å². The van der Waals surface area contributed by atoms with E-state index in [2.05, 4.69) is 38.1 Å². The molecule has 0 aromatic heterocycles. The van der Waals surface area contributed by atoms with Gasteiger partial charge in [-0.1, -0.05) is 38.1 Å². The first-order chi connectivity index (χ1) is 7.15. The molecule has 1 aliphatic rings. The maximum Gasteiger partial charge on any atom is 0.134 e. The third kappa shape index (κ3) is 2.47. The lowest BCUT2D eigenvalue weighted by atomic mass is 9.78. The average molecular weight is 202 g/mol. The van der Waals surface area contributed by atoms with Gasteiger partial charge < -0.3 is 0 Å². The quantitative estimate of drug-likeness (QED) is 0.734. The Kier molecular flexibility index (Phi) is 2.90. The van der Waals surface area contributed by atoms with Crippen LogP contribution in [0.4, 0.5) is 0 Å². The van der Waals surface area contributed by atoms with Gasteiger partial charge in [0.15, 0.2) is 0 Å². The molecule has 1 nitrogen and oxygen atoms in total. The second-order valence-electron chi connectivity index (χ2n) is 4.98. The molecule has 2 rings (SSSR count). The highest BCUT2D eigenvalue weighted by Crippen LogP contribution is 2.33. The van der Waals surface area contributed by atoms with Gasteiger partial charge in [0.2, 0.25) is 0 Å². The molecular formula is C14H18O. The third-order valence-electron chi connectivity index (χ3n) is 3.04. The molecule has 80 valence electrons. The van der Waals surface area contributed by atoms with Gasteiger partial charge in [-0.05, 0) is 29.4 Å². The number of benzene rings is 1. The van der Waals surface area contributed by atoms with E-state index in [1.54, 1.807) is 0 Å². The molecule has 0 N–H and O–H groups in total. The van der Waals surface area contributed by atoms with Crippen LogP contribution in [0.5, 0.6) is 0 Å². The van der Waals surface area contributed by atoms with E-state index in [-0.39, 0.29) is 0 Å². The fourth-order valence-electron chi connectivity index (χ4n) is 2.12. The lowest BCUT2D eigenvalue weighted by molar-refractivity contribution is -0.124. The van der Waals surface area contributed by atoms with Crippen LogP contribution in [0.15, 0.2) is 24.3 Å². The van der Waals surface area contributed by atoms with Crippen LogP contribution in [-0.4, -0.2) is 5.78 Å². The van der Waals surface area contributed by atoms with Crippen LogP contribution in [0.3, 0.4) is 0 Å². The summed E-state index contributed by atoms with van der Waals surface area (Å²) in [6.07, 6.45) is 2.65. The highest BCUT2D eigenvalue weighted by molar-refractivity contribution is 5.86. The number of hydrogen-bond donors (Lipinski definition) is 0. The van der Waals surface area contributed by atoms with Gasteiger partial charge in [-0.15, -0.1) is 0 Å². The van der Waals surface area contributed by atoms with Gasteiger partial charge in [0, 0.05) is 12.8 Å². The molecule has 1 saturated carbocycles. The van der Waals surface area contributed by atoms with Gasteiger partial charge in [-0.2, -0.15) is 0 Å². The van der Waals surface area contributed by atoms with E-state index in [1.807, 2.05) is 0 Å². The highest BCUT2D eigenvalue weighted by atomic mass is 16.1. The fourth-order valence-corrected chi connectivity index (χ4v) is 2.12. The smallest absolute Gasteiger partial charge is 0.134 e. The Balaban J connectivity index is 2.01. The summed E-state index contributed by atoms with van der Waals surface area (Å²) in [5.41, 5.74) is 2.74. The molecule has 0 unspecified atom stereocenters. The second kappa shape index (κ2) is 4.18. The summed E-state index contributed by atoms with van der Waals surface area (Å²) < 4.78 is 0. The lowest BCUT2D eigenvalue weighted by Gasteiger charge is -2.24. The molecule has 1 heteroatoms. The molecule has 0 aliphatic heterocycles. The van der Waals surface area contributed by atoms with E-state index >= 15 is 0 Å². The Morgan fingerprint density at radius 1 is 1.20 bits per heavy atom. The molecule has 15 heavy (non-hydrogen) atoms. The van der Waals surface area contributed by atoms with Crippen molar-refractivity contribution in [2.24, 2.45) is 5.92 Å². The minimum Gasteiger partial charge on any atom is -0.300 e. The van der Waals surface area contributed by atoms with Crippen LogP contribution in [0, 0.1) is 5.92 Å². The van der Waals surface area contributed by atoms with Crippen LogP contribution >= 0.6 is 0 Å². The summed E-state index contributed by atoms with van der Waals surface area (Å²) in [6, 6.07) is 8.79. The van der Waals surface area contributed by atoms with Crippen molar-refractivity contribution < 1.29 is 4.79 Å². The van der Waals surface area contributed by atoms with E-state index < -0.39 is 0 Å². The largest absolute Gasteiger partial charge is 0.300 e. The maximum atomic E-state index is 10.9. The number of Topliss-reactive ketones (excluding diaryl/α,β-unsaturated/α-hetero) is 1. The van der Waals surface area contributed by atoms with Crippen molar-refractivity contribution in [1.29, 1.82) is 0 Å².